The van der Waals surface area contributed by atoms with E-state index in [-0.39, 0.29) is 47.4 Å². The van der Waals surface area contributed by atoms with Crippen LogP contribution < -0.4 is 15.0 Å². The summed E-state index contributed by atoms with van der Waals surface area (Å²) in [6.45, 7) is 1.55. The third-order valence-electron chi connectivity index (χ3n) is 7.74. The van der Waals surface area contributed by atoms with E-state index in [2.05, 4.69) is 15.2 Å². The predicted octanol–water partition coefficient (Wildman–Crippen LogP) is 6.36. The van der Waals surface area contributed by atoms with Crippen LogP contribution in [0.4, 0.5) is 23.8 Å². The minimum absolute atomic E-state index is 0.141. The van der Waals surface area contributed by atoms with Gasteiger partial charge in [0.05, 0.1) is 11.2 Å². The van der Waals surface area contributed by atoms with Crippen LogP contribution in [0.5, 0.6) is 5.75 Å². The number of anilines is 1. The van der Waals surface area contributed by atoms with Gasteiger partial charge in [0.15, 0.2) is 0 Å². The van der Waals surface area contributed by atoms with E-state index in [4.69, 9.17) is 16.3 Å². The van der Waals surface area contributed by atoms with Crippen LogP contribution in [0.15, 0.2) is 60.8 Å². The number of urea groups is 1. The number of benzene rings is 3. The lowest BCUT2D eigenvalue weighted by Gasteiger charge is -2.26. The Bertz CT molecular complexity index is 1710. The van der Waals surface area contributed by atoms with Crippen molar-refractivity contribution in [2.45, 2.75) is 39.1 Å². The molecule has 222 valence electrons. The van der Waals surface area contributed by atoms with Crippen molar-refractivity contribution in [1.29, 1.82) is 0 Å². The number of ether oxygens (including phenoxy) is 1. The number of carbonyl (C=O) groups is 2. The van der Waals surface area contributed by atoms with Crippen molar-refractivity contribution >= 4 is 29.4 Å². The topological polar surface area (TPSA) is 79.7 Å². The third kappa shape index (κ3) is 5.82. The number of hydrogen-bond donors (Lipinski definition) is 1. The Kier molecular flexibility index (Phi) is 7.85. The summed E-state index contributed by atoms with van der Waals surface area (Å²) in [5.41, 5.74) is 3.50. The average Bonchev–Trinajstić information content (AvgIpc) is 3.55. The summed E-state index contributed by atoms with van der Waals surface area (Å²) < 4.78 is 49.7. The van der Waals surface area contributed by atoms with Crippen molar-refractivity contribution in [2.75, 3.05) is 11.4 Å². The molecular formula is C31H27ClF3N5O3. The van der Waals surface area contributed by atoms with E-state index in [0.29, 0.717) is 36.8 Å². The number of rotatable bonds is 8. The summed E-state index contributed by atoms with van der Waals surface area (Å²) in [6, 6.07) is 14.3. The molecule has 0 atom stereocenters. The van der Waals surface area contributed by atoms with Gasteiger partial charge in [0.2, 0.25) is 5.91 Å². The van der Waals surface area contributed by atoms with E-state index in [0.717, 1.165) is 16.7 Å². The predicted molar refractivity (Wildman–Crippen MR) is 154 cm³/mol. The first-order valence-electron chi connectivity index (χ1n) is 13.6. The van der Waals surface area contributed by atoms with Crippen LogP contribution >= 0.6 is 11.6 Å². The number of carbonyl (C=O) groups excluding carboxylic acids is 2. The maximum Gasteiger partial charge on any atom is 0.329 e. The van der Waals surface area contributed by atoms with E-state index >= 15 is 0 Å². The highest BCUT2D eigenvalue weighted by molar-refractivity contribution is 6.31. The molecule has 1 saturated heterocycles. The molecule has 2 aliphatic rings. The fourth-order valence-electron chi connectivity index (χ4n) is 5.49. The lowest BCUT2D eigenvalue weighted by Crippen LogP contribution is -2.50. The van der Waals surface area contributed by atoms with Gasteiger partial charge >= 0.3 is 6.03 Å². The lowest BCUT2D eigenvalue weighted by molar-refractivity contribution is -0.120. The van der Waals surface area contributed by atoms with Gasteiger partial charge in [-0.3, -0.25) is 19.9 Å². The monoisotopic (exact) mass is 609 g/mol. The van der Waals surface area contributed by atoms with Crippen LogP contribution in [-0.2, 0) is 38.1 Å². The minimum Gasteiger partial charge on any atom is -0.489 e. The first kappa shape index (κ1) is 28.8. The van der Waals surface area contributed by atoms with E-state index in [1.807, 2.05) is 29.8 Å². The number of imide groups is 1. The second-order valence-corrected chi connectivity index (χ2v) is 10.9. The first-order valence-corrected chi connectivity index (χ1v) is 14.0. The van der Waals surface area contributed by atoms with E-state index in [9.17, 15) is 22.8 Å². The summed E-state index contributed by atoms with van der Waals surface area (Å²) in [6.07, 6.45) is -0.897. The maximum atomic E-state index is 14.1. The minimum atomic E-state index is -2.72. The molecule has 8 nitrogen and oxygen atoms in total. The number of alkyl halides is 2. The van der Waals surface area contributed by atoms with Gasteiger partial charge in [0.25, 0.3) is 6.43 Å². The van der Waals surface area contributed by atoms with Gasteiger partial charge in [-0.25, -0.2) is 22.9 Å². The molecule has 1 aromatic heterocycles. The molecule has 3 amide bonds. The van der Waals surface area contributed by atoms with Crippen LogP contribution in [0.3, 0.4) is 0 Å². The van der Waals surface area contributed by atoms with Crippen molar-refractivity contribution in [3.63, 3.8) is 0 Å². The molecule has 0 radical (unpaired) electrons. The van der Waals surface area contributed by atoms with E-state index in [1.54, 1.807) is 24.4 Å². The number of amides is 3. The molecule has 1 fully saturated rings. The molecule has 3 heterocycles. The summed E-state index contributed by atoms with van der Waals surface area (Å²) in [4.78, 5) is 31.9. The highest BCUT2D eigenvalue weighted by atomic mass is 35.5. The number of nitrogens with zero attached hydrogens (tertiary/aromatic N) is 4. The highest BCUT2D eigenvalue weighted by Crippen LogP contribution is 2.34. The Balaban J connectivity index is 1.15. The Morgan fingerprint density at radius 1 is 1.07 bits per heavy atom. The molecule has 2 aliphatic heterocycles. The van der Waals surface area contributed by atoms with Crippen molar-refractivity contribution in [3.05, 3.63) is 99.5 Å². The van der Waals surface area contributed by atoms with Crippen molar-refractivity contribution in [3.8, 4) is 17.1 Å². The molecule has 12 heteroatoms. The molecule has 1 N–H and O–H groups in total. The van der Waals surface area contributed by atoms with Crippen molar-refractivity contribution in [1.82, 2.24) is 19.8 Å². The summed E-state index contributed by atoms with van der Waals surface area (Å²) in [7, 11) is 1.81. The Morgan fingerprint density at radius 3 is 2.65 bits per heavy atom. The average molecular weight is 610 g/mol. The van der Waals surface area contributed by atoms with Gasteiger partial charge in [-0.15, -0.1) is 0 Å². The second-order valence-electron chi connectivity index (χ2n) is 10.5. The summed E-state index contributed by atoms with van der Waals surface area (Å²) >= 11 is 6.05. The smallest absolute Gasteiger partial charge is 0.329 e. The van der Waals surface area contributed by atoms with Gasteiger partial charge in [-0.2, -0.15) is 0 Å². The van der Waals surface area contributed by atoms with Crippen LogP contribution in [0.25, 0.3) is 11.4 Å². The Labute approximate surface area is 250 Å². The van der Waals surface area contributed by atoms with Crippen LogP contribution in [-0.4, -0.2) is 32.9 Å². The molecule has 3 aromatic carbocycles. The zero-order valence-corrected chi connectivity index (χ0v) is 23.9. The largest absolute Gasteiger partial charge is 0.489 e. The third-order valence-corrected chi connectivity index (χ3v) is 8.09. The standard InChI is InChI=1S/C31H27ClF3N5O3/c1-38-28(40-10-9-27(41)37-31(40)42)13-36-30(38)18-5-6-19-14-39(16-21(19)11-18)15-20-7-8-22(12-23(20)29(34)35)43-17-24-25(32)3-2-4-26(24)33/h2-8,11-13,29H,9-10,14-17H2,1H3,(H,37,41,42). The summed E-state index contributed by atoms with van der Waals surface area (Å²) in [5.74, 6) is 0.613. The Hall–Kier alpha value is -4.35. The number of nitrogens with one attached hydrogen (secondary N) is 1. The second kappa shape index (κ2) is 11.7. The molecule has 43 heavy (non-hydrogen) atoms. The normalized spacial score (nSPS) is 15.3. The van der Waals surface area contributed by atoms with Crippen molar-refractivity contribution in [2.24, 2.45) is 7.05 Å². The van der Waals surface area contributed by atoms with E-state index < -0.39 is 18.3 Å². The van der Waals surface area contributed by atoms with Crippen LogP contribution in [0.1, 0.15) is 40.7 Å². The van der Waals surface area contributed by atoms with Gasteiger partial charge in [-0.1, -0.05) is 35.9 Å². The molecule has 4 aromatic rings. The van der Waals surface area contributed by atoms with Gasteiger partial charge < -0.3 is 9.30 Å². The maximum absolute atomic E-state index is 14.1. The summed E-state index contributed by atoms with van der Waals surface area (Å²) in [5, 5.41) is 2.53. The lowest BCUT2D eigenvalue weighted by atomic mass is 10.1. The fraction of sp³-hybridized carbons (Fsp3) is 0.258. The molecule has 0 bridgehead atoms. The highest BCUT2D eigenvalue weighted by Gasteiger charge is 2.28. The molecular weight excluding hydrogens is 583 g/mol. The molecule has 6 rings (SSSR count). The van der Waals surface area contributed by atoms with Crippen LogP contribution in [0.2, 0.25) is 5.02 Å². The van der Waals surface area contributed by atoms with Crippen molar-refractivity contribution < 1.29 is 27.5 Å². The number of fused-ring (bicyclic) bond motifs is 1. The number of hydrogen-bond acceptors (Lipinski definition) is 5. The molecule has 0 unspecified atom stereocenters. The number of aromatic nitrogens is 2. The van der Waals surface area contributed by atoms with Gasteiger partial charge in [0, 0.05) is 56.3 Å². The number of imidazole rings is 1. The van der Waals surface area contributed by atoms with Crippen LogP contribution in [0, 0.1) is 5.82 Å². The quantitative estimate of drug-likeness (QED) is 0.252. The fourth-order valence-corrected chi connectivity index (χ4v) is 5.71. The van der Waals surface area contributed by atoms with Gasteiger partial charge in [0.1, 0.15) is 29.8 Å². The zero-order chi connectivity index (χ0) is 30.2. The molecule has 0 aliphatic carbocycles. The molecule has 0 spiro atoms. The SMILES string of the molecule is Cn1c(N2CCC(=O)NC2=O)cnc1-c1ccc2c(c1)CN(Cc1ccc(OCc3c(F)cccc3Cl)cc1C(F)F)C2. The number of halogens is 4. The molecule has 0 saturated carbocycles. The first-order chi connectivity index (χ1) is 20.7. The Morgan fingerprint density at radius 2 is 1.88 bits per heavy atom. The van der Waals surface area contributed by atoms with E-state index in [1.165, 1.54) is 23.1 Å². The zero-order valence-electron chi connectivity index (χ0n) is 23.1. The van der Waals surface area contributed by atoms with Gasteiger partial charge in [-0.05, 0) is 47.0 Å².